The minimum atomic E-state index is -1.00. The first-order chi connectivity index (χ1) is 10.4. The summed E-state index contributed by atoms with van der Waals surface area (Å²) in [5.41, 5.74) is 1.28. The number of carboxylic acid groups (broad SMARTS) is 1. The van der Waals surface area contributed by atoms with Crippen molar-refractivity contribution in [3.05, 3.63) is 50.4 Å². The summed E-state index contributed by atoms with van der Waals surface area (Å²) in [5.74, 6) is -1.17. The van der Waals surface area contributed by atoms with E-state index in [1.807, 2.05) is 6.07 Å². The van der Waals surface area contributed by atoms with Gasteiger partial charge in [-0.2, -0.15) is 0 Å². The molecule has 2 N–H and O–H groups in total. The smallest absolute Gasteiger partial charge is 0.347 e. The maximum Gasteiger partial charge on any atom is 0.347 e. The van der Waals surface area contributed by atoms with Crippen LogP contribution in [0.15, 0.2) is 24.3 Å². The predicted molar refractivity (Wildman–Crippen MR) is 85.5 cm³/mol. The first kappa shape index (κ1) is 16.5. The molecule has 1 aromatic heterocycles. The third-order valence-corrected chi connectivity index (χ3v) is 4.57. The van der Waals surface area contributed by atoms with E-state index in [-0.39, 0.29) is 23.2 Å². The van der Waals surface area contributed by atoms with E-state index in [0.29, 0.717) is 15.7 Å². The fourth-order valence-electron chi connectivity index (χ4n) is 1.99. The van der Waals surface area contributed by atoms with Gasteiger partial charge in [-0.3, -0.25) is 4.79 Å². The lowest BCUT2D eigenvalue weighted by atomic mass is 10.1. The predicted octanol–water partition coefficient (Wildman–Crippen LogP) is 3.22. The van der Waals surface area contributed by atoms with E-state index >= 15 is 0 Å². The molecule has 0 fully saturated rings. The van der Waals surface area contributed by atoms with Crippen LogP contribution >= 0.6 is 22.9 Å². The topological polar surface area (TPSA) is 79.3 Å². The molecule has 0 aliphatic rings. The van der Waals surface area contributed by atoms with E-state index in [9.17, 15) is 9.59 Å². The Morgan fingerprint density at radius 2 is 2.18 bits per heavy atom. The number of aromatic carboxylic acids is 1. The number of aromatic nitrogens is 1. The molecule has 1 heterocycles. The van der Waals surface area contributed by atoms with E-state index in [2.05, 4.69) is 10.3 Å². The first-order valence-electron chi connectivity index (χ1n) is 6.61. The number of rotatable bonds is 5. The number of halogens is 1. The van der Waals surface area contributed by atoms with Crippen LogP contribution in [0.1, 0.15) is 38.9 Å². The van der Waals surface area contributed by atoms with E-state index in [4.69, 9.17) is 16.7 Å². The summed E-state index contributed by atoms with van der Waals surface area (Å²) in [4.78, 5) is 27.5. The van der Waals surface area contributed by atoms with Gasteiger partial charge in [0.15, 0.2) is 0 Å². The van der Waals surface area contributed by atoms with Crippen LogP contribution in [0.4, 0.5) is 0 Å². The van der Waals surface area contributed by atoms with Crippen LogP contribution in [0.3, 0.4) is 0 Å². The Labute approximate surface area is 137 Å². The minimum Gasteiger partial charge on any atom is -0.477 e. The van der Waals surface area contributed by atoms with Crippen molar-refractivity contribution >= 4 is 34.8 Å². The molecule has 22 heavy (non-hydrogen) atoms. The van der Waals surface area contributed by atoms with Gasteiger partial charge < -0.3 is 10.4 Å². The Bertz CT molecular complexity index is 715. The molecule has 116 valence electrons. The van der Waals surface area contributed by atoms with Gasteiger partial charge in [0.2, 0.25) is 5.91 Å². The summed E-state index contributed by atoms with van der Waals surface area (Å²) in [6.07, 6.45) is 0.209. The number of aryl methyl sites for hydroxylation is 1. The van der Waals surface area contributed by atoms with Crippen LogP contribution in [0.2, 0.25) is 5.02 Å². The highest BCUT2D eigenvalue weighted by Gasteiger charge is 2.19. The van der Waals surface area contributed by atoms with Gasteiger partial charge >= 0.3 is 5.97 Å². The summed E-state index contributed by atoms with van der Waals surface area (Å²) >= 11 is 6.96. The quantitative estimate of drug-likeness (QED) is 0.877. The van der Waals surface area contributed by atoms with E-state index in [1.54, 1.807) is 32.0 Å². The number of nitrogens with zero attached hydrogens (tertiary/aromatic N) is 1. The van der Waals surface area contributed by atoms with Crippen LogP contribution in [0.25, 0.3) is 0 Å². The van der Waals surface area contributed by atoms with Gasteiger partial charge in [0.05, 0.1) is 18.2 Å². The van der Waals surface area contributed by atoms with Crippen molar-refractivity contribution in [2.75, 3.05) is 0 Å². The fraction of sp³-hybridized carbons (Fsp3) is 0.267. The van der Waals surface area contributed by atoms with Crippen molar-refractivity contribution in [3.63, 3.8) is 0 Å². The zero-order valence-electron chi connectivity index (χ0n) is 12.1. The molecular weight excluding hydrogens is 324 g/mol. The first-order valence-corrected chi connectivity index (χ1v) is 7.80. The SMILES string of the molecule is Cc1nc([C@H](C)NC(=O)Cc2cccc(Cl)c2)sc1C(=O)O. The van der Waals surface area contributed by atoms with Crippen molar-refractivity contribution in [2.24, 2.45) is 0 Å². The van der Waals surface area contributed by atoms with Crippen LogP contribution < -0.4 is 5.32 Å². The van der Waals surface area contributed by atoms with Gasteiger partial charge in [-0.15, -0.1) is 11.3 Å². The number of amides is 1. The van der Waals surface area contributed by atoms with E-state index in [1.165, 1.54) is 0 Å². The summed E-state index contributed by atoms with van der Waals surface area (Å²) in [6, 6.07) is 6.76. The standard InChI is InChI=1S/C15H15ClN2O3S/c1-8-13(15(20)21)22-14(18-8)9(2)17-12(19)7-10-4-3-5-11(16)6-10/h3-6,9H,7H2,1-2H3,(H,17,19)(H,20,21)/t9-/m0/s1. The lowest BCUT2D eigenvalue weighted by molar-refractivity contribution is -0.121. The molecule has 5 nitrogen and oxygen atoms in total. The molecule has 1 aromatic carbocycles. The average Bonchev–Trinajstić information content (AvgIpc) is 2.81. The molecule has 0 aliphatic carbocycles. The summed E-state index contributed by atoms with van der Waals surface area (Å²) in [6.45, 7) is 3.42. The number of nitrogens with one attached hydrogen (secondary N) is 1. The highest BCUT2D eigenvalue weighted by atomic mass is 35.5. The van der Waals surface area contributed by atoms with Crippen LogP contribution in [-0.2, 0) is 11.2 Å². The minimum absolute atomic E-state index is 0.167. The second-order valence-corrected chi connectivity index (χ2v) is 6.33. The molecule has 0 saturated carbocycles. The highest BCUT2D eigenvalue weighted by Crippen LogP contribution is 2.23. The molecule has 0 spiro atoms. The Balaban J connectivity index is 2.02. The number of hydrogen-bond acceptors (Lipinski definition) is 4. The average molecular weight is 339 g/mol. The highest BCUT2D eigenvalue weighted by molar-refractivity contribution is 7.13. The van der Waals surface area contributed by atoms with Crippen molar-refractivity contribution in [3.8, 4) is 0 Å². The molecular formula is C15H15ClN2O3S. The molecule has 0 bridgehead atoms. The second kappa shape index (κ2) is 6.89. The van der Waals surface area contributed by atoms with Gasteiger partial charge in [-0.1, -0.05) is 23.7 Å². The summed E-state index contributed by atoms with van der Waals surface area (Å²) in [7, 11) is 0. The van der Waals surface area contributed by atoms with Gasteiger partial charge in [0.1, 0.15) is 9.88 Å². The van der Waals surface area contributed by atoms with E-state index < -0.39 is 5.97 Å². The van der Waals surface area contributed by atoms with Gasteiger partial charge in [-0.05, 0) is 31.5 Å². The molecule has 0 unspecified atom stereocenters. The number of carboxylic acids is 1. The Morgan fingerprint density at radius 1 is 1.45 bits per heavy atom. The van der Waals surface area contributed by atoms with Crippen molar-refractivity contribution in [1.82, 2.24) is 10.3 Å². The summed E-state index contributed by atoms with van der Waals surface area (Å²) < 4.78 is 0. The largest absolute Gasteiger partial charge is 0.477 e. The molecule has 0 radical (unpaired) electrons. The Hall–Kier alpha value is -1.92. The molecule has 2 aromatic rings. The molecule has 1 atom stereocenters. The molecule has 1 amide bonds. The molecule has 2 rings (SSSR count). The second-order valence-electron chi connectivity index (χ2n) is 4.87. The lowest BCUT2D eigenvalue weighted by Gasteiger charge is -2.11. The van der Waals surface area contributed by atoms with Gasteiger partial charge in [0.25, 0.3) is 0 Å². The fourth-order valence-corrected chi connectivity index (χ4v) is 3.11. The number of carbonyl (C=O) groups excluding carboxylic acids is 1. The van der Waals surface area contributed by atoms with Crippen LogP contribution in [0.5, 0.6) is 0 Å². The van der Waals surface area contributed by atoms with Gasteiger partial charge in [0, 0.05) is 5.02 Å². The number of carbonyl (C=O) groups is 2. The Morgan fingerprint density at radius 3 is 2.77 bits per heavy atom. The number of benzene rings is 1. The zero-order valence-corrected chi connectivity index (χ0v) is 13.7. The van der Waals surface area contributed by atoms with E-state index in [0.717, 1.165) is 16.9 Å². The maximum absolute atomic E-state index is 12.0. The molecule has 0 aliphatic heterocycles. The lowest BCUT2D eigenvalue weighted by Crippen LogP contribution is -2.28. The molecule has 0 saturated heterocycles. The normalized spacial score (nSPS) is 12.0. The summed E-state index contributed by atoms with van der Waals surface area (Å²) in [5, 5.41) is 13.0. The monoisotopic (exact) mass is 338 g/mol. The number of hydrogen-bond donors (Lipinski definition) is 2. The van der Waals surface area contributed by atoms with Crippen molar-refractivity contribution in [2.45, 2.75) is 26.3 Å². The maximum atomic E-state index is 12.0. The molecule has 7 heteroatoms. The van der Waals surface area contributed by atoms with Crippen molar-refractivity contribution < 1.29 is 14.7 Å². The number of thiazole rings is 1. The van der Waals surface area contributed by atoms with Crippen molar-refractivity contribution in [1.29, 1.82) is 0 Å². The third-order valence-electron chi connectivity index (χ3n) is 3.01. The van der Waals surface area contributed by atoms with Gasteiger partial charge in [-0.25, -0.2) is 9.78 Å². The van der Waals surface area contributed by atoms with Crippen LogP contribution in [-0.4, -0.2) is 22.0 Å². The zero-order chi connectivity index (χ0) is 16.3. The Kier molecular flexibility index (Phi) is 5.15. The van der Waals surface area contributed by atoms with Crippen LogP contribution in [0, 0.1) is 6.92 Å². The third kappa shape index (κ3) is 4.05.